The standard InChI is InChI=1S/C24H23FN4O3/c1-15-19(13-28(2)27-15)11-26-10-18-7-17-8-22-23(32-14-31-22)9-21(17)29(24(18)30)12-16-4-3-5-20(25)6-16/h3-9,13,26H,10-12,14H2,1-2H3. The molecule has 2 aromatic carbocycles. The van der Waals surface area contributed by atoms with Crippen molar-refractivity contribution in [3.63, 3.8) is 0 Å². The molecule has 5 rings (SSSR count). The Morgan fingerprint density at radius 1 is 1.09 bits per heavy atom. The zero-order valence-electron chi connectivity index (χ0n) is 17.9. The maximum atomic E-state index is 13.8. The zero-order valence-corrected chi connectivity index (χ0v) is 17.9. The van der Waals surface area contributed by atoms with E-state index < -0.39 is 0 Å². The summed E-state index contributed by atoms with van der Waals surface area (Å²) in [6, 6.07) is 11.9. The van der Waals surface area contributed by atoms with E-state index >= 15 is 0 Å². The van der Waals surface area contributed by atoms with Crippen molar-refractivity contribution in [2.24, 2.45) is 7.05 Å². The molecule has 0 fully saturated rings. The smallest absolute Gasteiger partial charge is 0.255 e. The van der Waals surface area contributed by atoms with E-state index in [1.807, 2.05) is 44.4 Å². The van der Waals surface area contributed by atoms with Crippen LogP contribution in [0, 0.1) is 12.7 Å². The Balaban J connectivity index is 1.52. The summed E-state index contributed by atoms with van der Waals surface area (Å²) < 4.78 is 28.2. The fraction of sp³-hybridized carbons (Fsp3) is 0.250. The van der Waals surface area contributed by atoms with Crippen molar-refractivity contribution < 1.29 is 13.9 Å². The van der Waals surface area contributed by atoms with Crippen molar-refractivity contribution in [3.8, 4) is 11.5 Å². The van der Waals surface area contributed by atoms with E-state index in [-0.39, 0.29) is 24.7 Å². The number of aryl methyl sites for hydroxylation is 2. The van der Waals surface area contributed by atoms with Crippen molar-refractivity contribution in [2.75, 3.05) is 6.79 Å². The van der Waals surface area contributed by atoms with Gasteiger partial charge >= 0.3 is 0 Å². The Morgan fingerprint density at radius 2 is 1.88 bits per heavy atom. The fourth-order valence-corrected chi connectivity index (χ4v) is 4.08. The molecule has 0 spiro atoms. The lowest BCUT2D eigenvalue weighted by Crippen LogP contribution is -2.28. The van der Waals surface area contributed by atoms with Crippen LogP contribution in [0.2, 0.25) is 0 Å². The number of nitrogens with one attached hydrogen (secondary N) is 1. The third-order valence-electron chi connectivity index (χ3n) is 5.64. The van der Waals surface area contributed by atoms with Crippen LogP contribution in [-0.2, 0) is 26.7 Å². The van der Waals surface area contributed by atoms with Crippen LogP contribution in [0.1, 0.15) is 22.4 Å². The lowest BCUT2D eigenvalue weighted by Gasteiger charge is -2.14. The van der Waals surface area contributed by atoms with E-state index in [0.29, 0.717) is 35.7 Å². The van der Waals surface area contributed by atoms with Crippen LogP contribution in [0.5, 0.6) is 11.5 Å². The molecule has 2 aromatic heterocycles. The molecule has 7 nitrogen and oxygen atoms in total. The van der Waals surface area contributed by atoms with Crippen LogP contribution in [0.25, 0.3) is 10.9 Å². The van der Waals surface area contributed by atoms with Gasteiger partial charge < -0.3 is 19.4 Å². The van der Waals surface area contributed by atoms with Gasteiger partial charge in [0.15, 0.2) is 11.5 Å². The monoisotopic (exact) mass is 434 g/mol. The number of ether oxygens (including phenoxy) is 2. The van der Waals surface area contributed by atoms with Crippen molar-refractivity contribution in [3.05, 3.63) is 87.2 Å². The van der Waals surface area contributed by atoms with Crippen LogP contribution < -0.4 is 20.3 Å². The number of rotatable bonds is 6. The van der Waals surface area contributed by atoms with Gasteiger partial charge in [-0.25, -0.2) is 4.39 Å². The fourth-order valence-electron chi connectivity index (χ4n) is 4.08. The second-order valence-corrected chi connectivity index (χ2v) is 7.97. The second-order valence-electron chi connectivity index (χ2n) is 7.97. The highest BCUT2D eigenvalue weighted by molar-refractivity contribution is 5.84. The van der Waals surface area contributed by atoms with Gasteiger partial charge in [-0.1, -0.05) is 12.1 Å². The van der Waals surface area contributed by atoms with Gasteiger partial charge in [-0.2, -0.15) is 5.10 Å². The molecule has 32 heavy (non-hydrogen) atoms. The molecular formula is C24H23FN4O3. The van der Waals surface area contributed by atoms with E-state index in [1.165, 1.54) is 12.1 Å². The molecule has 164 valence electrons. The summed E-state index contributed by atoms with van der Waals surface area (Å²) in [5, 5.41) is 8.56. The molecule has 8 heteroatoms. The SMILES string of the molecule is Cc1nn(C)cc1CNCc1cc2cc3c(cc2n(Cc2cccc(F)c2)c1=O)OCO3. The maximum Gasteiger partial charge on any atom is 0.255 e. The third-order valence-corrected chi connectivity index (χ3v) is 5.64. The minimum Gasteiger partial charge on any atom is -0.454 e. The number of fused-ring (bicyclic) bond motifs is 2. The largest absolute Gasteiger partial charge is 0.454 e. The van der Waals surface area contributed by atoms with Crippen LogP contribution in [0.4, 0.5) is 4.39 Å². The average Bonchev–Trinajstić information content (AvgIpc) is 3.34. The molecule has 0 amide bonds. The van der Waals surface area contributed by atoms with Crippen LogP contribution >= 0.6 is 0 Å². The van der Waals surface area contributed by atoms with Gasteiger partial charge in [0, 0.05) is 48.9 Å². The predicted octanol–water partition coefficient (Wildman–Crippen LogP) is 3.25. The first-order valence-corrected chi connectivity index (χ1v) is 10.4. The highest BCUT2D eigenvalue weighted by Crippen LogP contribution is 2.36. The summed E-state index contributed by atoms with van der Waals surface area (Å²) in [4.78, 5) is 13.4. The lowest BCUT2D eigenvalue weighted by atomic mass is 10.1. The number of aromatic nitrogens is 3. The van der Waals surface area contributed by atoms with Crippen LogP contribution in [-0.4, -0.2) is 21.1 Å². The molecular weight excluding hydrogens is 411 g/mol. The third kappa shape index (κ3) is 3.85. The summed E-state index contributed by atoms with van der Waals surface area (Å²) in [7, 11) is 1.88. The van der Waals surface area contributed by atoms with E-state index in [1.54, 1.807) is 15.3 Å². The first-order valence-electron chi connectivity index (χ1n) is 10.4. The molecule has 0 unspecified atom stereocenters. The second kappa shape index (κ2) is 8.12. The number of hydrogen-bond acceptors (Lipinski definition) is 5. The number of pyridine rings is 1. The number of halogens is 1. The molecule has 1 N–H and O–H groups in total. The highest BCUT2D eigenvalue weighted by atomic mass is 19.1. The highest BCUT2D eigenvalue weighted by Gasteiger charge is 2.18. The Bertz CT molecular complexity index is 1380. The van der Waals surface area contributed by atoms with Crippen molar-refractivity contribution in [1.82, 2.24) is 19.7 Å². The lowest BCUT2D eigenvalue weighted by molar-refractivity contribution is 0.174. The molecule has 0 saturated carbocycles. The molecule has 1 aliphatic heterocycles. The average molecular weight is 434 g/mol. The van der Waals surface area contributed by atoms with Gasteiger partial charge in [-0.05, 0) is 36.8 Å². The van der Waals surface area contributed by atoms with Crippen molar-refractivity contribution >= 4 is 10.9 Å². The Labute approximate surface area is 184 Å². The molecule has 0 saturated heterocycles. The summed E-state index contributed by atoms with van der Waals surface area (Å²) in [6.07, 6.45) is 1.96. The normalized spacial score (nSPS) is 12.6. The van der Waals surface area contributed by atoms with Gasteiger partial charge in [0.2, 0.25) is 6.79 Å². The van der Waals surface area contributed by atoms with E-state index in [0.717, 1.165) is 22.2 Å². The predicted molar refractivity (Wildman–Crippen MR) is 118 cm³/mol. The number of benzene rings is 2. The maximum absolute atomic E-state index is 13.8. The topological polar surface area (TPSA) is 70.3 Å². The van der Waals surface area contributed by atoms with Gasteiger partial charge in [0.1, 0.15) is 5.82 Å². The molecule has 4 aromatic rings. The molecule has 3 heterocycles. The molecule has 0 aliphatic carbocycles. The minimum atomic E-state index is -0.331. The summed E-state index contributed by atoms with van der Waals surface area (Å²) in [5.41, 5.74) is 3.95. The van der Waals surface area contributed by atoms with E-state index in [2.05, 4.69) is 10.4 Å². The quantitative estimate of drug-likeness (QED) is 0.505. The number of hydrogen-bond donors (Lipinski definition) is 1. The van der Waals surface area contributed by atoms with E-state index in [9.17, 15) is 9.18 Å². The Kier molecular flexibility index (Phi) is 5.14. The molecule has 0 bridgehead atoms. The van der Waals surface area contributed by atoms with Gasteiger partial charge in [0.25, 0.3) is 5.56 Å². The van der Waals surface area contributed by atoms with E-state index in [4.69, 9.17) is 9.47 Å². The minimum absolute atomic E-state index is 0.129. The van der Waals surface area contributed by atoms with Gasteiger partial charge in [0.05, 0.1) is 17.8 Å². The first kappa shape index (κ1) is 20.3. The Hall–Kier alpha value is -3.65. The number of nitrogens with zero attached hydrogens (tertiary/aromatic N) is 3. The van der Waals surface area contributed by atoms with Gasteiger partial charge in [-0.15, -0.1) is 0 Å². The Morgan fingerprint density at radius 3 is 2.62 bits per heavy atom. The summed E-state index contributed by atoms with van der Waals surface area (Å²) >= 11 is 0. The zero-order chi connectivity index (χ0) is 22.2. The van der Waals surface area contributed by atoms with Gasteiger partial charge in [-0.3, -0.25) is 9.48 Å². The summed E-state index contributed by atoms with van der Waals surface area (Å²) in [6.45, 7) is 3.35. The molecule has 0 atom stereocenters. The van der Waals surface area contributed by atoms with Crippen LogP contribution in [0.3, 0.4) is 0 Å². The molecule has 1 aliphatic rings. The molecule has 0 radical (unpaired) electrons. The first-order chi connectivity index (χ1) is 15.5. The van der Waals surface area contributed by atoms with Crippen molar-refractivity contribution in [2.45, 2.75) is 26.6 Å². The van der Waals surface area contributed by atoms with Crippen LogP contribution in [0.15, 0.2) is 53.5 Å². The van der Waals surface area contributed by atoms with Crippen molar-refractivity contribution in [1.29, 1.82) is 0 Å². The summed E-state index contributed by atoms with van der Waals surface area (Å²) in [5.74, 6) is 0.920.